The minimum atomic E-state index is -0.370. The van der Waals surface area contributed by atoms with E-state index in [1.54, 1.807) is 0 Å². The zero-order chi connectivity index (χ0) is 18.1. The molecular formula is C22H35NO2. The third-order valence-corrected chi connectivity index (χ3v) is 5.37. The number of nitrogens with zero attached hydrogens (tertiary/aromatic N) is 1. The number of aliphatic hydroxyl groups is 1. The van der Waals surface area contributed by atoms with E-state index in [1.807, 2.05) is 12.1 Å². The van der Waals surface area contributed by atoms with Gasteiger partial charge < -0.3 is 10.0 Å². The second kappa shape index (κ2) is 10.6. The smallest absolute Gasteiger partial charge is 0.156 e. The lowest BCUT2D eigenvalue weighted by molar-refractivity contribution is -0.118. The van der Waals surface area contributed by atoms with Gasteiger partial charge in [0, 0.05) is 18.7 Å². The van der Waals surface area contributed by atoms with Crippen molar-refractivity contribution in [1.29, 1.82) is 0 Å². The van der Waals surface area contributed by atoms with E-state index in [0.717, 1.165) is 43.5 Å². The summed E-state index contributed by atoms with van der Waals surface area (Å²) in [6, 6.07) is 8.27. The number of unbranched alkanes of at least 4 members (excludes halogenated alkanes) is 5. The Hall–Kier alpha value is -1.35. The van der Waals surface area contributed by atoms with Crippen LogP contribution in [0, 0.1) is 0 Å². The Kier molecular flexibility index (Phi) is 8.47. The lowest BCUT2D eigenvalue weighted by Crippen LogP contribution is -2.32. The second-order valence-corrected chi connectivity index (χ2v) is 7.38. The molecule has 1 aliphatic rings. The highest BCUT2D eigenvalue weighted by Crippen LogP contribution is 2.29. The van der Waals surface area contributed by atoms with Gasteiger partial charge in [0.05, 0.1) is 12.1 Å². The molecule has 0 saturated carbocycles. The van der Waals surface area contributed by atoms with Crippen molar-refractivity contribution in [3.05, 3.63) is 29.8 Å². The van der Waals surface area contributed by atoms with Crippen molar-refractivity contribution < 1.29 is 9.90 Å². The van der Waals surface area contributed by atoms with Gasteiger partial charge in [0.15, 0.2) is 5.78 Å². The quantitative estimate of drug-likeness (QED) is 0.544. The van der Waals surface area contributed by atoms with Gasteiger partial charge in [0.25, 0.3) is 0 Å². The molecule has 1 aromatic rings. The van der Waals surface area contributed by atoms with Crippen LogP contribution < -0.4 is 4.90 Å². The van der Waals surface area contributed by atoms with Crippen LogP contribution in [0.25, 0.3) is 0 Å². The number of rotatable bonds is 11. The summed E-state index contributed by atoms with van der Waals surface area (Å²) in [6.07, 6.45) is 10.3. The van der Waals surface area contributed by atoms with E-state index in [9.17, 15) is 9.90 Å². The van der Waals surface area contributed by atoms with Gasteiger partial charge in [-0.25, -0.2) is 0 Å². The van der Waals surface area contributed by atoms with Crippen LogP contribution in [0.3, 0.4) is 0 Å². The lowest BCUT2D eigenvalue weighted by Gasteiger charge is -2.26. The first-order valence-electron chi connectivity index (χ1n) is 10.2. The van der Waals surface area contributed by atoms with Crippen LogP contribution in [0.5, 0.6) is 0 Å². The largest absolute Gasteiger partial charge is 0.388 e. The first kappa shape index (κ1) is 20.0. The number of aliphatic hydroxyl groups excluding tert-OH is 1. The number of hydrogen-bond donors (Lipinski definition) is 1. The molecule has 2 unspecified atom stereocenters. The normalized spacial score (nSPS) is 18.8. The van der Waals surface area contributed by atoms with Crippen molar-refractivity contribution >= 4 is 11.5 Å². The zero-order valence-corrected chi connectivity index (χ0v) is 16.0. The van der Waals surface area contributed by atoms with Crippen LogP contribution in [-0.2, 0) is 4.79 Å². The van der Waals surface area contributed by atoms with Crippen molar-refractivity contribution in [2.45, 2.75) is 90.2 Å². The average Bonchev–Trinajstić information content (AvgIpc) is 3.00. The molecule has 1 saturated heterocycles. The van der Waals surface area contributed by atoms with Crippen molar-refractivity contribution in [1.82, 2.24) is 0 Å². The number of ketones is 1. The lowest BCUT2D eigenvalue weighted by atomic mass is 10.0. The Morgan fingerprint density at radius 1 is 1.04 bits per heavy atom. The predicted molar refractivity (Wildman–Crippen MR) is 105 cm³/mol. The topological polar surface area (TPSA) is 40.5 Å². The first-order chi connectivity index (χ1) is 12.2. The van der Waals surface area contributed by atoms with Gasteiger partial charge in [0.1, 0.15) is 0 Å². The summed E-state index contributed by atoms with van der Waals surface area (Å²) in [6.45, 7) is 5.22. The van der Waals surface area contributed by atoms with E-state index in [0.29, 0.717) is 12.2 Å². The molecular weight excluding hydrogens is 310 g/mol. The fraction of sp³-hybridized carbons (Fsp3) is 0.682. The van der Waals surface area contributed by atoms with E-state index in [1.165, 1.54) is 32.1 Å². The molecule has 1 aromatic carbocycles. The van der Waals surface area contributed by atoms with Crippen LogP contribution in [0.15, 0.2) is 24.3 Å². The highest BCUT2D eigenvalue weighted by molar-refractivity contribution is 5.90. The first-order valence-corrected chi connectivity index (χ1v) is 10.2. The molecule has 0 radical (unpaired) electrons. The third-order valence-electron chi connectivity index (χ3n) is 5.37. The second-order valence-electron chi connectivity index (χ2n) is 7.38. The standard InChI is InChI=1S/C22H35NO2/c1-3-5-7-9-10-20-22(25)16-17-23(20)19-14-12-18(13-15-19)21(24)11-8-6-4-2/h12-15,20-21,24H,3-11,16-17H2,1-2H3. The molecule has 0 bridgehead atoms. The SMILES string of the molecule is CCCCCCC1C(=O)CCN1c1ccc(C(O)CCCCC)cc1. The molecule has 140 valence electrons. The number of Topliss-reactive ketones (excluding diaryl/α,β-unsaturated/α-hetero) is 1. The number of carbonyl (C=O) groups is 1. The van der Waals surface area contributed by atoms with E-state index in [2.05, 4.69) is 30.9 Å². The monoisotopic (exact) mass is 345 g/mol. The van der Waals surface area contributed by atoms with Gasteiger partial charge in [-0.1, -0.05) is 70.9 Å². The Morgan fingerprint density at radius 3 is 2.40 bits per heavy atom. The molecule has 2 rings (SSSR count). The highest BCUT2D eigenvalue weighted by Gasteiger charge is 2.31. The van der Waals surface area contributed by atoms with Crippen LogP contribution in [-0.4, -0.2) is 23.5 Å². The molecule has 0 amide bonds. The van der Waals surface area contributed by atoms with E-state index >= 15 is 0 Å². The molecule has 1 fully saturated rings. The molecule has 1 aliphatic heterocycles. The summed E-state index contributed by atoms with van der Waals surface area (Å²) in [4.78, 5) is 14.5. The molecule has 3 heteroatoms. The van der Waals surface area contributed by atoms with E-state index in [-0.39, 0.29) is 12.1 Å². The third kappa shape index (κ3) is 5.85. The number of carbonyl (C=O) groups excluding carboxylic acids is 1. The van der Waals surface area contributed by atoms with Gasteiger partial charge in [-0.15, -0.1) is 0 Å². The Balaban J connectivity index is 1.93. The Labute approximate surface area is 153 Å². The average molecular weight is 346 g/mol. The minimum Gasteiger partial charge on any atom is -0.388 e. The molecule has 0 aliphatic carbocycles. The molecule has 1 heterocycles. The van der Waals surface area contributed by atoms with Crippen molar-refractivity contribution in [2.75, 3.05) is 11.4 Å². The van der Waals surface area contributed by atoms with Crippen molar-refractivity contribution in [2.24, 2.45) is 0 Å². The molecule has 3 nitrogen and oxygen atoms in total. The summed E-state index contributed by atoms with van der Waals surface area (Å²) in [5.41, 5.74) is 2.11. The van der Waals surface area contributed by atoms with Crippen molar-refractivity contribution in [3.8, 4) is 0 Å². The number of hydrogen-bond acceptors (Lipinski definition) is 3. The maximum atomic E-state index is 12.3. The van der Waals surface area contributed by atoms with Crippen LogP contribution in [0.1, 0.15) is 89.7 Å². The van der Waals surface area contributed by atoms with Crippen LogP contribution >= 0.6 is 0 Å². The van der Waals surface area contributed by atoms with Crippen LogP contribution in [0.2, 0.25) is 0 Å². The number of anilines is 1. The van der Waals surface area contributed by atoms with E-state index in [4.69, 9.17) is 0 Å². The molecule has 25 heavy (non-hydrogen) atoms. The molecule has 0 spiro atoms. The Bertz CT molecular complexity index is 511. The Morgan fingerprint density at radius 2 is 1.72 bits per heavy atom. The van der Waals surface area contributed by atoms with Gasteiger partial charge in [-0.2, -0.15) is 0 Å². The van der Waals surface area contributed by atoms with E-state index < -0.39 is 0 Å². The summed E-state index contributed by atoms with van der Waals surface area (Å²) >= 11 is 0. The predicted octanol–water partition coefficient (Wildman–Crippen LogP) is 5.42. The summed E-state index contributed by atoms with van der Waals surface area (Å²) < 4.78 is 0. The van der Waals surface area contributed by atoms with Crippen LogP contribution in [0.4, 0.5) is 5.69 Å². The van der Waals surface area contributed by atoms with Crippen molar-refractivity contribution in [3.63, 3.8) is 0 Å². The fourth-order valence-electron chi connectivity index (χ4n) is 3.76. The summed E-state index contributed by atoms with van der Waals surface area (Å²) in [7, 11) is 0. The number of benzene rings is 1. The minimum absolute atomic E-state index is 0.0529. The van der Waals surface area contributed by atoms with Gasteiger partial charge >= 0.3 is 0 Å². The highest BCUT2D eigenvalue weighted by atomic mass is 16.3. The maximum Gasteiger partial charge on any atom is 0.156 e. The van der Waals surface area contributed by atoms with Gasteiger partial charge in [-0.05, 0) is 30.5 Å². The van der Waals surface area contributed by atoms with Gasteiger partial charge in [0.2, 0.25) is 0 Å². The summed E-state index contributed by atoms with van der Waals surface area (Å²) in [5.74, 6) is 0.389. The molecule has 1 N–H and O–H groups in total. The fourth-order valence-corrected chi connectivity index (χ4v) is 3.76. The molecule has 0 aromatic heterocycles. The summed E-state index contributed by atoms with van der Waals surface area (Å²) in [5, 5.41) is 10.3. The molecule has 2 atom stereocenters. The zero-order valence-electron chi connectivity index (χ0n) is 16.0. The maximum absolute atomic E-state index is 12.3. The van der Waals surface area contributed by atoms with Gasteiger partial charge in [-0.3, -0.25) is 4.79 Å².